The van der Waals surface area contributed by atoms with Gasteiger partial charge in [0.15, 0.2) is 5.78 Å². The molecule has 0 fully saturated rings. The smallest absolute Gasteiger partial charge is 0.312 e. The third-order valence-electron chi connectivity index (χ3n) is 4.37. The molecule has 0 saturated heterocycles. The Labute approximate surface area is 185 Å². The van der Waals surface area contributed by atoms with Gasteiger partial charge in [-0.1, -0.05) is 72.4 Å². The molecule has 0 amide bonds. The molecule has 0 aliphatic heterocycles. The first-order chi connectivity index (χ1) is 15.0. The van der Waals surface area contributed by atoms with Gasteiger partial charge in [0.25, 0.3) is 0 Å². The van der Waals surface area contributed by atoms with Crippen LogP contribution in [0.5, 0.6) is 0 Å². The molecule has 3 rings (SSSR count). The van der Waals surface area contributed by atoms with Gasteiger partial charge in [-0.3, -0.25) is 4.79 Å². The van der Waals surface area contributed by atoms with E-state index in [9.17, 15) is 18.0 Å². The summed E-state index contributed by atoms with van der Waals surface area (Å²) in [4.78, 5) is 31.5. The molecule has 1 atom stereocenters. The average Bonchev–Trinajstić information content (AvgIpc) is 2.80. The molecule has 2 aromatic rings. The maximum Gasteiger partial charge on any atom is 0.365 e. The predicted octanol–water partition coefficient (Wildman–Crippen LogP) is 4.09. The number of ketones is 1. The molecule has 6 nitrogen and oxygen atoms in total. The van der Waals surface area contributed by atoms with Crippen LogP contribution in [0.2, 0.25) is 0 Å². The quantitative estimate of drug-likeness (QED) is 0.271. The van der Waals surface area contributed by atoms with Crippen LogP contribution in [0, 0.1) is 5.92 Å². The molecule has 0 bridgehead atoms. The van der Waals surface area contributed by atoms with E-state index in [0.29, 0.717) is 10.5 Å². The SMILES string of the molecule is CCC(=NOC(=O)c1ccccc1)C(=O)C1C=CC(Sc2ccccc2)=CC1=S(=O)=O. The van der Waals surface area contributed by atoms with Crippen molar-refractivity contribution in [1.82, 2.24) is 0 Å². The van der Waals surface area contributed by atoms with Crippen molar-refractivity contribution in [3.05, 3.63) is 89.4 Å². The minimum atomic E-state index is -2.60. The molecular weight excluding hydrogens is 434 g/mol. The van der Waals surface area contributed by atoms with E-state index in [0.717, 1.165) is 4.90 Å². The zero-order chi connectivity index (χ0) is 22.2. The van der Waals surface area contributed by atoms with Crippen LogP contribution in [0.1, 0.15) is 23.7 Å². The lowest BCUT2D eigenvalue weighted by atomic mass is 9.92. The van der Waals surface area contributed by atoms with E-state index in [1.807, 2.05) is 30.3 Å². The van der Waals surface area contributed by atoms with Gasteiger partial charge in [-0.2, -0.15) is 8.42 Å². The minimum absolute atomic E-state index is 0.0190. The Hall–Kier alpha value is -3.23. The average molecular weight is 454 g/mol. The fourth-order valence-corrected chi connectivity index (χ4v) is 4.40. The summed E-state index contributed by atoms with van der Waals surface area (Å²) >= 11 is 1.39. The number of hydrogen-bond donors (Lipinski definition) is 0. The van der Waals surface area contributed by atoms with Crippen LogP contribution in [0.3, 0.4) is 0 Å². The Kier molecular flexibility index (Phi) is 7.75. The molecule has 0 heterocycles. The first-order valence-corrected chi connectivity index (χ1v) is 11.3. The molecule has 0 aromatic heterocycles. The summed E-state index contributed by atoms with van der Waals surface area (Å²) in [5.41, 5.74) is 0.277. The van der Waals surface area contributed by atoms with Gasteiger partial charge >= 0.3 is 5.97 Å². The lowest BCUT2D eigenvalue weighted by Gasteiger charge is -2.16. The van der Waals surface area contributed by atoms with E-state index in [-0.39, 0.29) is 17.0 Å². The molecule has 8 heteroatoms. The maximum absolute atomic E-state index is 13.0. The van der Waals surface area contributed by atoms with Crippen LogP contribution < -0.4 is 0 Å². The Balaban J connectivity index is 1.78. The summed E-state index contributed by atoms with van der Waals surface area (Å²) < 4.78 is 23.7. The number of thioether (sulfide) groups is 1. The van der Waals surface area contributed by atoms with E-state index in [4.69, 9.17) is 4.84 Å². The number of carbonyl (C=O) groups is 2. The van der Waals surface area contributed by atoms with E-state index in [1.165, 1.54) is 23.9 Å². The zero-order valence-electron chi connectivity index (χ0n) is 16.6. The zero-order valence-corrected chi connectivity index (χ0v) is 18.2. The van der Waals surface area contributed by atoms with E-state index in [1.54, 1.807) is 43.3 Å². The fraction of sp³-hybridized carbons (Fsp3) is 0.130. The molecular formula is C23H19NO5S2. The van der Waals surface area contributed by atoms with Gasteiger partial charge in [-0.15, -0.1) is 0 Å². The number of oxime groups is 1. The highest BCUT2D eigenvalue weighted by Crippen LogP contribution is 2.30. The molecule has 1 aliphatic carbocycles. The van der Waals surface area contributed by atoms with Gasteiger partial charge in [-0.05, 0) is 36.8 Å². The summed E-state index contributed by atoms with van der Waals surface area (Å²) in [5, 5.41) is 3.72. The molecule has 0 radical (unpaired) electrons. The van der Waals surface area contributed by atoms with Crippen LogP contribution in [-0.4, -0.2) is 30.7 Å². The number of carbonyl (C=O) groups excluding carboxylic acids is 2. The van der Waals surface area contributed by atoms with Gasteiger partial charge in [0.2, 0.25) is 10.3 Å². The second-order valence-electron chi connectivity index (χ2n) is 6.44. The van der Waals surface area contributed by atoms with Crippen molar-refractivity contribution in [3.8, 4) is 0 Å². The van der Waals surface area contributed by atoms with Crippen molar-refractivity contribution in [2.24, 2.45) is 11.1 Å². The minimum Gasteiger partial charge on any atom is -0.312 e. The summed E-state index contributed by atoms with van der Waals surface area (Å²) in [6.45, 7) is 1.68. The highest BCUT2D eigenvalue weighted by atomic mass is 32.2. The number of rotatable bonds is 7. The number of allylic oxidation sites excluding steroid dienone is 3. The largest absolute Gasteiger partial charge is 0.365 e. The van der Waals surface area contributed by atoms with Crippen molar-refractivity contribution in [2.45, 2.75) is 18.2 Å². The topological polar surface area (TPSA) is 89.9 Å². The van der Waals surface area contributed by atoms with Crippen LogP contribution in [-0.2, 0) is 19.9 Å². The van der Waals surface area contributed by atoms with Crippen molar-refractivity contribution < 1.29 is 22.8 Å². The first kappa shape index (κ1) is 22.5. The Morgan fingerprint density at radius 1 is 1.03 bits per heavy atom. The lowest BCUT2D eigenvalue weighted by molar-refractivity contribution is -0.113. The molecule has 1 unspecified atom stereocenters. The van der Waals surface area contributed by atoms with Gasteiger partial charge in [0, 0.05) is 9.80 Å². The van der Waals surface area contributed by atoms with E-state index in [2.05, 4.69) is 5.16 Å². The molecule has 2 aromatic carbocycles. The van der Waals surface area contributed by atoms with Gasteiger partial charge in [-0.25, -0.2) is 4.79 Å². The fourth-order valence-electron chi connectivity index (χ4n) is 2.81. The second kappa shape index (κ2) is 10.7. The molecule has 1 aliphatic rings. The van der Waals surface area contributed by atoms with Crippen molar-refractivity contribution in [2.75, 3.05) is 0 Å². The van der Waals surface area contributed by atoms with Crippen LogP contribution in [0.25, 0.3) is 0 Å². The molecule has 0 N–H and O–H groups in total. The number of hydrogen-bond acceptors (Lipinski definition) is 7. The molecule has 31 heavy (non-hydrogen) atoms. The highest BCUT2D eigenvalue weighted by molar-refractivity contribution is 8.03. The van der Waals surface area contributed by atoms with E-state index >= 15 is 0 Å². The monoisotopic (exact) mass is 453 g/mol. The van der Waals surface area contributed by atoms with Gasteiger partial charge < -0.3 is 4.84 Å². The number of Topliss-reactive ketones (excluding diaryl/α,β-unsaturated/α-hetero) is 1. The standard InChI is InChI=1S/C23H19NO5S2/c1-2-20(24-29-23(26)16-9-5-3-6-10-16)22(25)19-14-13-18(15-21(19)31(27)28)30-17-11-7-4-8-12-17/h3-15,19H,2H2,1H3. The summed E-state index contributed by atoms with van der Waals surface area (Å²) in [6.07, 6.45) is 4.90. The van der Waals surface area contributed by atoms with Crippen molar-refractivity contribution in [1.29, 1.82) is 0 Å². The van der Waals surface area contributed by atoms with Crippen molar-refractivity contribution in [3.63, 3.8) is 0 Å². The Morgan fingerprint density at radius 2 is 1.68 bits per heavy atom. The normalized spacial score (nSPS) is 15.9. The van der Waals surface area contributed by atoms with E-state index < -0.39 is 28.0 Å². The number of benzene rings is 2. The van der Waals surface area contributed by atoms with Crippen molar-refractivity contribution >= 4 is 44.4 Å². The first-order valence-electron chi connectivity index (χ1n) is 9.46. The van der Waals surface area contributed by atoms with Crippen LogP contribution in [0.15, 0.2) is 93.8 Å². The summed E-state index contributed by atoms with van der Waals surface area (Å²) in [7, 11) is -2.60. The molecule has 158 valence electrons. The number of nitrogens with zero attached hydrogens (tertiary/aromatic N) is 1. The lowest BCUT2D eigenvalue weighted by Crippen LogP contribution is -2.30. The maximum atomic E-state index is 13.0. The van der Waals surface area contributed by atoms with Crippen LogP contribution in [0.4, 0.5) is 0 Å². The van der Waals surface area contributed by atoms with Gasteiger partial charge in [0.1, 0.15) is 5.71 Å². The third kappa shape index (κ3) is 5.90. The highest BCUT2D eigenvalue weighted by Gasteiger charge is 2.28. The Morgan fingerprint density at radius 3 is 2.29 bits per heavy atom. The predicted molar refractivity (Wildman–Crippen MR) is 122 cm³/mol. The molecule has 0 spiro atoms. The van der Waals surface area contributed by atoms with Crippen LogP contribution >= 0.6 is 11.8 Å². The molecule has 0 saturated carbocycles. The van der Waals surface area contributed by atoms with Gasteiger partial charge in [0.05, 0.1) is 16.3 Å². The second-order valence-corrected chi connectivity index (χ2v) is 8.52. The third-order valence-corrected chi connectivity index (χ3v) is 6.12. The summed E-state index contributed by atoms with van der Waals surface area (Å²) in [6, 6.07) is 17.7. The Bertz CT molecular complexity index is 1190. The summed E-state index contributed by atoms with van der Waals surface area (Å²) in [5.74, 6) is -2.25.